The van der Waals surface area contributed by atoms with E-state index in [0.29, 0.717) is 0 Å². The lowest BCUT2D eigenvalue weighted by atomic mass is 10.2. The average Bonchev–Trinajstić information content (AvgIpc) is 3.05. The molecular weight excluding hydrogens is 252 g/mol. The molecule has 3 aromatic rings. The average molecular weight is 270 g/mol. The van der Waals surface area contributed by atoms with E-state index < -0.39 is 0 Å². The first-order valence-corrected chi connectivity index (χ1v) is 6.81. The van der Waals surface area contributed by atoms with Crippen molar-refractivity contribution in [3.05, 3.63) is 53.9 Å². The number of aromatic nitrogens is 3. The van der Waals surface area contributed by atoms with Gasteiger partial charge in [-0.05, 0) is 37.6 Å². The van der Waals surface area contributed by atoms with Crippen molar-refractivity contribution in [2.24, 2.45) is 0 Å². The summed E-state index contributed by atoms with van der Waals surface area (Å²) in [4.78, 5) is 0. The summed E-state index contributed by atoms with van der Waals surface area (Å²) in [6.07, 6.45) is 4.55. The lowest BCUT2D eigenvalue weighted by molar-refractivity contribution is 0.428. The number of nitrogens with zero attached hydrogens (tertiary/aromatic N) is 3. The normalized spacial score (nSPS) is 12.9. The lowest BCUT2D eigenvalue weighted by Gasteiger charge is -2.11. The van der Waals surface area contributed by atoms with E-state index >= 15 is 0 Å². The van der Waals surface area contributed by atoms with Crippen molar-refractivity contribution in [3.8, 4) is 0 Å². The van der Waals surface area contributed by atoms with E-state index in [4.69, 9.17) is 4.42 Å². The molecule has 0 fully saturated rings. The summed E-state index contributed by atoms with van der Waals surface area (Å²) in [5, 5.41) is 11.8. The molecule has 0 aromatic carbocycles. The molecule has 3 aromatic heterocycles. The summed E-state index contributed by atoms with van der Waals surface area (Å²) in [6, 6.07) is 8.10. The Bertz CT molecular complexity index is 701. The molecule has 0 saturated heterocycles. The van der Waals surface area contributed by atoms with Crippen LogP contribution in [0.4, 0.5) is 0 Å². The van der Waals surface area contributed by atoms with Gasteiger partial charge in [-0.2, -0.15) is 0 Å². The molecule has 5 heteroatoms. The molecule has 0 aliphatic heterocycles. The van der Waals surface area contributed by atoms with Gasteiger partial charge >= 0.3 is 0 Å². The van der Waals surface area contributed by atoms with Crippen LogP contribution in [0.3, 0.4) is 0 Å². The van der Waals surface area contributed by atoms with Crippen LogP contribution in [0.5, 0.6) is 0 Å². The highest BCUT2D eigenvalue weighted by atomic mass is 16.3. The van der Waals surface area contributed by atoms with E-state index in [2.05, 4.69) is 29.4 Å². The molecule has 1 atom stereocenters. The maximum absolute atomic E-state index is 5.49. The Morgan fingerprint density at radius 1 is 1.30 bits per heavy atom. The second-order valence-corrected chi connectivity index (χ2v) is 4.94. The molecule has 5 nitrogen and oxygen atoms in total. The minimum absolute atomic E-state index is 0.198. The third-order valence-corrected chi connectivity index (χ3v) is 3.48. The summed E-state index contributed by atoms with van der Waals surface area (Å²) in [5.41, 5.74) is 2.07. The Hall–Kier alpha value is -2.14. The zero-order chi connectivity index (χ0) is 13.9. The standard InChI is InChI=1S/C15H18N4O/c1-11-7-10-20-15(11)12(2)16-8-6-14-18-17-13-5-3-4-9-19(13)14/h3-5,7,9-10,12,16H,6,8H2,1-2H3/t12-/m0/s1. The topological polar surface area (TPSA) is 55.4 Å². The van der Waals surface area contributed by atoms with Crippen molar-refractivity contribution in [1.29, 1.82) is 0 Å². The van der Waals surface area contributed by atoms with Gasteiger partial charge < -0.3 is 9.73 Å². The van der Waals surface area contributed by atoms with Gasteiger partial charge in [0.05, 0.1) is 12.3 Å². The monoisotopic (exact) mass is 270 g/mol. The predicted molar refractivity (Wildman–Crippen MR) is 76.6 cm³/mol. The van der Waals surface area contributed by atoms with E-state index in [9.17, 15) is 0 Å². The molecular formula is C15H18N4O. The summed E-state index contributed by atoms with van der Waals surface area (Å²) >= 11 is 0. The molecule has 0 aliphatic carbocycles. The number of hydrogen-bond donors (Lipinski definition) is 1. The fourth-order valence-corrected chi connectivity index (χ4v) is 2.38. The molecule has 3 heterocycles. The maximum atomic E-state index is 5.49. The van der Waals surface area contributed by atoms with Crippen LogP contribution >= 0.6 is 0 Å². The second-order valence-electron chi connectivity index (χ2n) is 4.94. The van der Waals surface area contributed by atoms with Crippen LogP contribution in [0.1, 0.15) is 30.1 Å². The summed E-state index contributed by atoms with van der Waals surface area (Å²) in [5.74, 6) is 1.97. The van der Waals surface area contributed by atoms with Gasteiger partial charge in [0, 0.05) is 19.2 Å². The third kappa shape index (κ3) is 2.44. The van der Waals surface area contributed by atoms with Crippen LogP contribution in [-0.2, 0) is 6.42 Å². The highest BCUT2D eigenvalue weighted by molar-refractivity contribution is 5.37. The maximum Gasteiger partial charge on any atom is 0.160 e. The van der Waals surface area contributed by atoms with E-state index in [1.165, 1.54) is 5.56 Å². The van der Waals surface area contributed by atoms with Gasteiger partial charge in [0.2, 0.25) is 0 Å². The minimum Gasteiger partial charge on any atom is -0.467 e. The summed E-state index contributed by atoms with van der Waals surface area (Å²) in [6.45, 7) is 4.99. The SMILES string of the molecule is Cc1ccoc1[C@H](C)NCCc1nnc2ccccn12. The second kappa shape index (κ2) is 5.46. The van der Waals surface area contributed by atoms with Crippen molar-refractivity contribution < 1.29 is 4.42 Å². The highest BCUT2D eigenvalue weighted by Gasteiger charge is 2.11. The molecule has 0 amide bonds. The first kappa shape index (κ1) is 12.9. The van der Waals surface area contributed by atoms with Gasteiger partial charge in [-0.15, -0.1) is 10.2 Å². The van der Waals surface area contributed by atoms with E-state index in [0.717, 1.165) is 30.2 Å². The van der Waals surface area contributed by atoms with Crippen molar-refractivity contribution >= 4 is 5.65 Å². The molecule has 0 aliphatic rings. The number of hydrogen-bond acceptors (Lipinski definition) is 4. The Labute approximate surface area is 117 Å². The molecule has 104 valence electrons. The fraction of sp³-hybridized carbons (Fsp3) is 0.333. The van der Waals surface area contributed by atoms with Crippen LogP contribution in [0.2, 0.25) is 0 Å². The lowest BCUT2D eigenvalue weighted by Crippen LogP contribution is -2.22. The zero-order valence-corrected chi connectivity index (χ0v) is 11.7. The molecule has 0 bridgehead atoms. The molecule has 1 N–H and O–H groups in total. The van der Waals surface area contributed by atoms with Crippen LogP contribution < -0.4 is 5.32 Å². The van der Waals surface area contributed by atoms with Crippen LogP contribution in [0.15, 0.2) is 41.1 Å². The van der Waals surface area contributed by atoms with Gasteiger partial charge in [-0.3, -0.25) is 4.40 Å². The van der Waals surface area contributed by atoms with Gasteiger partial charge in [-0.25, -0.2) is 0 Å². The molecule has 20 heavy (non-hydrogen) atoms. The number of fused-ring (bicyclic) bond motifs is 1. The number of pyridine rings is 1. The minimum atomic E-state index is 0.198. The van der Waals surface area contributed by atoms with Crippen molar-refractivity contribution in [3.63, 3.8) is 0 Å². The molecule has 0 unspecified atom stereocenters. The quantitative estimate of drug-likeness (QED) is 0.774. The Morgan fingerprint density at radius 3 is 3.00 bits per heavy atom. The molecule has 0 spiro atoms. The molecule has 3 rings (SSSR count). The van der Waals surface area contributed by atoms with Crippen molar-refractivity contribution in [2.45, 2.75) is 26.3 Å². The Balaban J connectivity index is 1.61. The number of nitrogens with one attached hydrogen (secondary N) is 1. The number of rotatable bonds is 5. The van der Waals surface area contributed by atoms with Gasteiger partial charge in [-0.1, -0.05) is 6.07 Å². The first-order chi connectivity index (χ1) is 9.75. The largest absolute Gasteiger partial charge is 0.467 e. The van der Waals surface area contributed by atoms with Gasteiger partial charge in [0.25, 0.3) is 0 Å². The van der Waals surface area contributed by atoms with E-state index in [1.54, 1.807) is 6.26 Å². The van der Waals surface area contributed by atoms with Crippen LogP contribution in [-0.4, -0.2) is 21.1 Å². The third-order valence-electron chi connectivity index (χ3n) is 3.48. The van der Waals surface area contributed by atoms with Gasteiger partial charge in [0.15, 0.2) is 5.65 Å². The zero-order valence-electron chi connectivity index (χ0n) is 11.7. The first-order valence-electron chi connectivity index (χ1n) is 6.81. The van der Waals surface area contributed by atoms with Crippen LogP contribution in [0.25, 0.3) is 5.65 Å². The van der Waals surface area contributed by atoms with Crippen molar-refractivity contribution in [1.82, 2.24) is 19.9 Å². The Kier molecular flexibility index (Phi) is 3.52. The predicted octanol–water partition coefficient (Wildman–Crippen LogP) is 2.52. The number of furan rings is 1. The van der Waals surface area contributed by atoms with Crippen molar-refractivity contribution in [2.75, 3.05) is 6.54 Å². The van der Waals surface area contributed by atoms with Gasteiger partial charge in [0.1, 0.15) is 11.6 Å². The summed E-state index contributed by atoms with van der Waals surface area (Å²) < 4.78 is 7.51. The van der Waals surface area contributed by atoms with Crippen LogP contribution in [0, 0.1) is 6.92 Å². The number of aryl methyl sites for hydroxylation is 1. The molecule has 0 radical (unpaired) electrons. The fourth-order valence-electron chi connectivity index (χ4n) is 2.38. The molecule has 0 saturated carbocycles. The van der Waals surface area contributed by atoms with E-state index in [1.807, 2.05) is 34.9 Å². The highest BCUT2D eigenvalue weighted by Crippen LogP contribution is 2.17. The van der Waals surface area contributed by atoms with E-state index in [-0.39, 0.29) is 6.04 Å². The summed E-state index contributed by atoms with van der Waals surface area (Å²) in [7, 11) is 0. The Morgan fingerprint density at radius 2 is 2.20 bits per heavy atom. The smallest absolute Gasteiger partial charge is 0.160 e.